The molecule has 0 bridgehead atoms. The number of carbonyl (C=O) groups excluding carboxylic acids is 1. The van der Waals surface area contributed by atoms with Crippen molar-refractivity contribution in [1.82, 2.24) is 5.32 Å². The first-order valence-corrected chi connectivity index (χ1v) is 5.92. The molecule has 0 spiro atoms. The zero-order valence-corrected chi connectivity index (χ0v) is 11.4. The van der Waals surface area contributed by atoms with E-state index in [2.05, 4.69) is 38.2 Å². The molecule has 0 aliphatic heterocycles. The number of rotatable bonds is 5. The van der Waals surface area contributed by atoms with E-state index in [1.807, 2.05) is 6.92 Å². The molecular formula is C12H25N3O2. The van der Waals surface area contributed by atoms with Crippen molar-refractivity contribution in [2.75, 3.05) is 0 Å². The second-order valence-corrected chi connectivity index (χ2v) is 5.74. The highest BCUT2D eigenvalue weighted by Crippen LogP contribution is 2.27. The number of nitrogens with zero attached hydrogens (tertiary/aromatic N) is 1. The molecule has 5 heteroatoms. The van der Waals surface area contributed by atoms with E-state index in [1.165, 1.54) is 0 Å². The minimum atomic E-state index is -0.120. The largest absolute Gasteiger partial charge is 0.409 e. The summed E-state index contributed by atoms with van der Waals surface area (Å²) in [5.74, 6) is 0.436. The molecule has 0 rings (SSSR count). The normalized spacial score (nSPS) is 16.4. The SMILES string of the molecule is CC(CC(N)=NO)NC(=O)CC(C)C(C)(C)C. The van der Waals surface area contributed by atoms with Crippen LogP contribution in [0.15, 0.2) is 5.16 Å². The van der Waals surface area contributed by atoms with Crippen molar-refractivity contribution in [3.05, 3.63) is 0 Å². The van der Waals surface area contributed by atoms with Crippen LogP contribution in [0.1, 0.15) is 47.5 Å². The predicted molar refractivity (Wildman–Crippen MR) is 68.9 cm³/mol. The molecule has 0 saturated heterocycles. The van der Waals surface area contributed by atoms with E-state index in [0.29, 0.717) is 18.8 Å². The van der Waals surface area contributed by atoms with E-state index in [4.69, 9.17) is 10.9 Å². The highest BCUT2D eigenvalue weighted by molar-refractivity contribution is 5.81. The van der Waals surface area contributed by atoms with Crippen LogP contribution in [0.4, 0.5) is 0 Å². The number of hydrogen-bond acceptors (Lipinski definition) is 3. The van der Waals surface area contributed by atoms with Crippen LogP contribution in [0.25, 0.3) is 0 Å². The second-order valence-electron chi connectivity index (χ2n) is 5.74. The van der Waals surface area contributed by atoms with Crippen LogP contribution in [0, 0.1) is 11.3 Å². The van der Waals surface area contributed by atoms with E-state index in [1.54, 1.807) is 0 Å². The number of nitrogens with one attached hydrogen (secondary N) is 1. The van der Waals surface area contributed by atoms with Gasteiger partial charge in [-0.05, 0) is 18.3 Å². The van der Waals surface area contributed by atoms with Crippen molar-refractivity contribution < 1.29 is 10.0 Å². The summed E-state index contributed by atoms with van der Waals surface area (Å²) >= 11 is 0. The highest BCUT2D eigenvalue weighted by atomic mass is 16.4. The standard InChI is InChI=1S/C12H25N3O2/c1-8(12(3,4)5)6-11(16)14-9(2)7-10(13)15-17/h8-9,17H,6-7H2,1-5H3,(H2,13,15)(H,14,16). The maximum absolute atomic E-state index is 11.7. The predicted octanol–water partition coefficient (Wildman–Crippen LogP) is 1.70. The van der Waals surface area contributed by atoms with Crippen LogP contribution in [-0.2, 0) is 4.79 Å². The second kappa shape index (κ2) is 6.47. The zero-order valence-electron chi connectivity index (χ0n) is 11.4. The zero-order chi connectivity index (χ0) is 13.6. The fourth-order valence-corrected chi connectivity index (χ4v) is 1.32. The summed E-state index contributed by atoms with van der Waals surface area (Å²) in [5, 5.41) is 14.1. The number of nitrogens with two attached hydrogens (primary N) is 1. The lowest BCUT2D eigenvalue weighted by Gasteiger charge is -2.27. The molecule has 0 radical (unpaired) electrons. The van der Waals surface area contributed by atoms with Gasteiger partial charge in [-0.3, -0.25) is 4.79 Å². The van der Waals surface area contributed by atoms with Crippen molar-refractivity contribution in [2.24, 2.45) is 22.2 Å². The maximum Gasteiger partial charge on any atom is 0.220 e. The molecule has 100 valence electrons. The van der Waals surface area contributed by atoms with Gasteiger partial charge in [0.25, 0.3) is 0 Å². The van der Waals surface area contributed by atoms with Crippen LogP contribution >= 0.6 is 0 Å². The Morgan fingerprint density at radius 1 is 1.35 bits per heavy atom. The van der Waals surface area contributed by atoms with Crippen molar-refractivity contribution in [2.45, 2.75) is 53.5 Å². The summed E-state index contributed by atoms with van der Waals surface area (Å²) in [5.41, 5.74) is 5.49. The van der Waals surface area contributed by atoms with Gasteiger partial charge in [0.05, 0.1) is 0 Å². The van der Waals surface area contributed by atoms with E-state index < -0.39 is 0 Å². The number of amides is 1. The van der Waals surface area contributed by atoms with Gasteiger partial charge in [-0.25, -0.2) is 0 Å². The third-order valence-electron chi connectivity index (χ3n) is 3.02. The first kappa shape index (κ1) is 15.7. The lowest BCUT2D eigenvalue weighted by molar-refractivity contribution is -0.123. The van der Waals surface area contributed by atoms with E-state index in [9.17, 15) is 4.79 Å². The van der Waals surface area contributed by atoms with Gasteiger partial charge >= 0.3 is 0 Å². The molecule has 2 unspecified atom stereocenters. The molecule has 17 heavy (non-hydrogen) atoms. The Bertz CT molecular complexity index is 282. The average Bonchev–Trinajstić information content (AvgIpc) is 2.15. The molecular weight excluding hydrogens is 218 g/mol. The molecule has 0 fully saturated rings. The Labute approximate surface area is 103 Å². The third kappa shape index (κ3) is 6.81. The van der Waals surface area contributed by atoms with E-state index in [-0.39, 0.29) is 23.2 Å². The van der Waals surface area contributed by atoms with Gasteiger partial charge in [0.2, 0.25) is 5.91 Å². The summed E-state index contributed by atoms with van der Waals surface area (Å²) in [7, 11) is 0. The molecule has 2 atom stereocenters. The molecule has 1 amide bonds. The molecule has 0 aliphatic carbocycles. The molecule has 5 nitrogen and oxygen atoms in total. The molecule has 4 N–H and O–H groups in total. The molecule has 0 aromatic carbocycles. The van der Waals surface area contributed by atoms with Crippen molar-refractivity contribution in [1.29, 1.82) is 0 Å². The number of hydrogen-bond donors (Lipinski definition) is 3. The lowest BCUT2D eigenvalue weighted by Crippen LogP contribution is -2.37. The fraction of sp³-hybridized carbons (Fsp3) is 0.833. The van der Waals surface area contributed by atoms with Crippen LogP contribution in [-0.4, -0.2) is 23.0 Å². The average molecular weight is 243 g/mol. The van der Waals surface area contributed by atoms with Crippen molar-refractivity contribution in [3.63, 3.8) is 0 Å². The van der Waals surface area contributed by atoms with Crippen molar-refractivity contribution in [3.8, 4) is 0 Å². The van der Waals surface area contributed by atoms with Gasteiger partial charge < -0.3 is 16.3 Å². The molecule has 0 saturated carbocycles. The Kier molecular flexibility index (Phi) is 5.99. The number of amidine groups is 1. The summed E-state index contributed by atoms with van der Waals surface area (Å²) in [6.07, 6.45) is 0.843. The minimum Gasteiger partial charge on any atom is -0.409 e. The first-order chi connectivity index (χ1) is 7.66. The van der Waals surface area contributed by atoms with Gasteiger partial charge in [0, 0.05) is 18.9 Å². The van der Waals surface area contributed by atoms with E-state index >= 15 is 0 Å². The Hall–Kier alpha value is -1.26. The van der Waals surface area contributed by atoms with Crippen molar-refractivity contribution >= 4 is 11.7 Å². The van der Waals surface area contributed by atoms with Crippen LogP contribution < -0.4 is 11.1 Å². The smallest absolute Gasteiger partial charge is 0.220 e. The fourth-order valence-electron chi connectivity index (χ4n) is 1.32. The van der Waals surface area contributed by atoms with Gasteiger partial charge in [0.1, 0.15) is 5.84 Å². The number of oxime groups is 1. The highest BCUT2D eigenvalue weighted by Gasteiger charge is 2.23. The maximum atomic E-state index is 11.7. The summed E-state index contributed by atoms with van der Waals surface area (Å²) in [6.45, 7) is 10.2. The van der Waals surface area contributed by atoms with Crippen LogP contribution in [0.3, 0.4) is 0 Å². The van der Waals surface area contributed by atoms with E-state index in [0.717, 1.165) is 0 Å². The molecule has 0 aromatic heterocycles. The topological polar surface area (TPSA) is 87.7 Å². The minimum absolute atomic E-state index is 0.00525. The third-order valence-corrected chi connectivity index (χ3v) is 3.02. The van der Waals surface area contributed by atoms with Gasteiger partial charge in [-0.15, -0.1) is 0 Å². The first-order valence-electron chi connectivity index (χ1n) is 5.92. The summed E-state index contributed by atoms with van der Waals surface area (Å²) < 4.78 is 0. The monoisotopic (exact) mass is 243 g/mol. The summed E-state index contributed by atoms with van der Waals surface area (Å²) in [4.78, 5) is 11.7. The quantitative estimate of drug-likeness (QED) is 0.297. The van der Waals surface area contributed by atoms with Crippen LogP contribution in [0.5, 0.6) is 0 Å². The molecule has 0 aromatic rings. The Balaban J connectivity index is 4.11. The Morgan fingerprint density at radius 3 is 2.29 bits per heavy atom. The molecule has 0 aliphatic rings. The van der Waals surface area contributed by atoms with Gasteiger partial charge in [-0.1, -0.05) is 32.9 Å². The lowest BCUT2D eigenvalue weighted by atomic mass is 9.80. The molecule has 0 heterocycles. The van der Waals surface area contributed by atoms with Crippen LogP contribution in [0.2, 0.25) is 0 Å². The van der Waals surface area contributed by atoms with Gasteiger partial charge in [0.15, 0.2) is 0 Å². The summed E-state index contributed by atoms with van der Waals surface area (Å²) in [6, 6.07) is -0.120. The Morgan fingerprint density at radius 2 is 1.88 bits per heavy atom. The number of carbonyl (C=O) groups is 1. The van der Waals surface area contributed by atoms with Gasteiger partial charge in [-0.2, -0.15) is 0 Å².